The van der Waals surface area contributed by atoms with Crippen molar-refractivity contribution < 1.29 is 28.1 Å². The molecule has 0 aromatic heterocycles. The summed E-state index contributed by atoms with van der Waals surface area (Å²) in [6.07, 6.45) is 10.1. The van der Waals surface area contributed by atoms with Gasteiger partial charge in [0.15, 0.2) is 12.4 Å². The maximum Gasteiger partial charge on any atom is 0.258 e. The normalized spacial score (nSPS) is 13.7. The Hall–Kier alpha value is -6.02. The minimum absolute atomic E-state index is 0.209. The maximum absolute atomic E-state index is 13.4. The number of nitrogens with zero attached hydrogens (tertiary/aromatic N) is 1. The van der Waals surface area contributed by atoms with Gasteiger partial charge in [0, 0.05) is 36.9 Å². The van der Waals surface area contributed by atoms with E-state index in [0.29, 0.717) is 23.8 Å². The number of anilines is 2. The Morgan fingerprint density at radius 3 is 2.12 bits per heavy atom. The zero-order valence-electron chi connectivity index (χ0n) is 28.9. The van der Waals surface area contributed by atoms with Crippen LogP contribution in [0.3, 0.4) is 0 Å². The summed E-state index contributed by atoms with van der Waals surface area (Å²) < 4.78 is 37.0. The summed E-state index contributed by atoms with van der Waals surface area (Å²) in [4.78, 5) is 13.9. The molecule has 0 saturated carbocycles. The number of carbonyl (C=O) groups excluding carboxylic acids is 1. The molecular formula is C44H41FN2O5. The van der Waals surface area contributed by atoms with Gasteiger partial charge in [0.05, 0.1) is 31.1 Å². The fourth-order valence-corrected chi connectivity index (χ4v) is 6.46. The van der Waals surface area contributed by atoms with E-state index in [2.05, 4.69) is 41.7 Å². The van der Waals surface area contributed by atoms with E-state index in [0.717, 1.165) is 78.7 Å². The van der Waals surface area contributed by atoms with E-state index in [1.54, 1.807) is 18.2 Å². The maximum atomic E-state index is 13.4. The predicted octanol–water partition coefficient (Wildman–Crippen LogP) is 9.76. The fourth-order valence-electron chi connectivity index (χ4n) is 6.46. The number of fused-ring (bicyclic) bond motifs is 2. The Labute approximate surface area is 303 Å². The van der Waals surface area contributed by atoms with Crippen LogP contribution in [0.25, 0.3) is 0 Å². The average Bonchev–Trinajstić information content (AvgIpc) is 3.89. The number of hydrogen-bond donors (Lipinski definition) is 1. The minimum Gasteiger partial charge on any atom is -0.493 e. The van der Waals surface area contributed by atoms with Crippen LogP contribution in [0, 0.1) is 0 Å². The number of allylic oxidation sites excluding steroid dienone is 4. The number of alkyl halides is 1. The average molecular weight is 697 g/mol. The quantitative estimate of drug-likeness (QED) is 0.148. The van der Waals surface area contributed by atoms with Crippen molar-refractivity contribution >= 4 is 17.3 Å². The third kappa shape index (κ3) is 8.29. The first-order valence-electron chi connectivity index (χ1n) is 17.7. The van der Waals surface area contributed by atoms with Gasteiger partial charge in [-0.15, -0.1) is 0 Å². The lowest BCUT2D eigenvalue weighted by molar-refractivity contribution is -0.119. The number of para-hydroxylation sites is 7. The van der Waals surface area contributed by atoms with Crippen molar-refractivity contribution in [2.75, 3.05) is 30.1 Å². The van der Waals surface area contributed by atoms with Crippen molar-refractivity contribution in [2.24, 2.45) is 0 Å². The number of benzene rings is 5. The number of ether oxygens (including phenoxy) is 4. The minimum atomic E-state index is -1.09. The summed E-state index contributed by atoms with van der Waals surface area (Å²) in [7, 11) is 0. The second kappa shape index (κ2) is 16.8. The van der Waals surface area contributed by atoms with Gasteiger partial charge in [0.1, 0.15) is 28.8 Å². The van der Waals surface area contributed by atoms with Gasteiger partial charge < -0.3 is 29.2 Å². The first-order valence-corrected chi connectivity index (χ1v) is 17.7. The van der Waals surface area contributed by atoms with Crippen LogP contribution in [-0.4, -0.2) is 25.8 Å². The van der Waals surface area contributed by atoms with Crippen molar-refractivity contribution in [1.82, 2.24) is 0 Å². The van der Waals surface area contributed by atoms with Gasteiger partial charge >= 0.3 is 0 Å². The van der Waals surface area contributed by atoms with Gasteiger partial charge in [-0.05, 0) is 60.0 Å². The Morgan fingerprint density at radius 1 is 0.712 bits per heavy atom. The molecule has 0 bridgehead atoms. The standard InChI is InChI=1S/C23H20FNO3.C21H21NO2/c24-15-22(26)25(16-18-8-6-7-17-13-14-27-23(17)18)20-11-4-5-12-21(20)28-19-9-2-1-3-10-19;1-2-9-18(10-3-1)24-20-12-5-4-11-19(20)22-15-17-8-6-7-16-13-14-23-21(16)17/h1-12H,13-16H2;1-2,4-9,11-12,22H,3,10,13-15H2. The smallest absolute Gasteiger partial charge is 0.258 e. The highest BCUT2D eigenvalue weighted by Crippen LogP contribution is 2.37. The zero-order chi connectivity index (χ0) is 35.5. The Kier molecular flexibility index (Phi) is 11.1. The molecule has 8 rings (SSSR count). The molecule has 5 aromatic rings. The van der Waals surface area contributed by atoms with Crippen molar-refractivity contribution in [2.45, 2.75) is 38.8 Å². The molecule has 3 aliphatic rings. The van der Waals surface area contributed by atoms with Crippen molar-refractivity contribution in [3.63, 3.8) is 0 Å². The van der Waals surface area contributed by atoms with Gasteiger partial charge in [-0.25, -0.2) is 4.39 Å². The van der Waals surface area contributed by atoms with E-state index < -0.39 is 12.6 Å². The summed E-state index contributed by atoms with van der Waals surface area (Å²) in [5, 5.41) is 3.50. The molecule has 1 amide bonds. The summed E-state index contributed by atoms with van der Waals surface area (Å²) in [5.74, 6) is 4.22. The lowest BCUT2D eigenvalue weighted by Gasteiger charge is -2.25. The summed E-state index contributed by atoms with van der Waals surface area (Å²) in [5.41, 5.74) is 5.98. The number of hydrogen-bond acceptors (Lipinski definition) is 6. The lowest BCUT2D eigenvalue weighted by atomic mass is 10.1. The summed E-state index contributed by atoms with van der Waals surface area (Å²) in [6, 6.07) is 36.8. The van der Waals surface area contributed by atoms with Gasteiger partial charge in [-0.1, -0.05) is 91.0 Å². The molecule has 0 spiro atoms. The molecule has 7 nitrogen and oxygen atoms in total. The van der Waals surface area contributed by atoms with Crippen LogP contribution in [0.4, 0.5) is 15.8 Å². The van der Waals surface area contributed by atoms with E-state index in [4.69, 9.17) is 18.9 Å². The predicted molar refractivity (Wildman–Crippen MR) is 202 cm³/mol. The van der Waals surface area contributed by atoms with Crippen LogP contribution in [0.2, 0.25) is 0 Å². The first kappa shape index (κ1) is 34.4. The number of halogens is 1. The molecule has 0 unspecified atom stereocenters. The molecule has 5 aromatic carbocycles. The van der Waals surface area contributed by atoms with Crippen LogP contribution in [0.1, 0.15) is 35.1 Å². The molecule has 1 aliphatic carbocycles. The van der Waals surface area contributed by atoms with Crippen molar-refractivity contribution in [1.29, 1.82) is 0 Å². The third-order valence-electron chi connectivity index (χ3n) is 9.04. The Balaban J connectivity index is 0.000000164. The monoisotopic (exact) mass is 696 g/mol. The van der Waals surface area contributed by atoms with Crippen LogP contribution in [0.5, 0.6) is 28.7 Å². The summed E-state index contributed by atoms with van der Waals surface area (Å²) >= 11 is 0. The number of amides is 1. The van der Waals surface area contributed by atoms with E-state index in [1.807, 2.05) is 78.9 Å². The van der Waals surface area contributed by atoms with E-state index in [9.17, 15) is 9.18 Å². The van der Waals surface area contributed by atoms with E-state index in [-0.39, 0.29) is 6.54 Å². The van der Waals surface area contributed by atoms with Crippen molar-refractivity contribution in [3.05, 3.63) is 162 Å². The Morgan fingerprint density at radius 2 is 1.38 bits per heavy atom. The highest BCUT2D eigenvalue weighted by Gasteiger charge is 2.24. The van der Waals surface area contributed by atoms with Gasteiger partial charge in [-0.2, -0.15) is 0 Å². The van der Waals surface area contributed by atoms with E-state index >= 15 is 0 Å². The Bertz CT molecular complexity index is 2060. The molecule has 0 fully saturated rings. The van der Waals surface area contributed by atoms with Crippen LogP contribution >= 0.6 is 0 Å². The third-order valence-corrected chi connectivity index (χ3v) is 9.04. The number of nitrogens with one attached hydrogen (secondary N) is 1. The zero-order valence-corrected chi connectivity index (χ0v) is 28.9. The number of carbonyl (C=O) groups is 1. The SMILES string of the molecule is C1=CCCC(Oc2ccccc2NCc2cccc3c2OCC3)=C1.O=C(CF)N(Cc1cccc2c1OCC2)c1ccccc1Oc1ccccc1. The molecule has 52 heavy (non-hydrogen) atoms. The van der Waals surface area contributed by atoms with Crippen LogP contribution in [0.15, 0.2) is 139 Å². The molecular weight excluding hydrogens is 655 g/mol. The molecule has 0 saturated heterocycles. The fraction of sp³-hybridized carbons (Fsp3) is 0.205. The topological polar surface area (TPSA) is 69.3 Å². The molecule has 2 aliphatic heterocycles. The molecule has 1 N–H and O–H groups in total. The van der Waals surface area contributed by atoms with Gasteiger partial charge in [0.25, 0.3) is 5.91 Å². The molecule has 264 valence electrons. The highest BCUT2D eigenvalue weighted by molar-refractivity contribution is 5.95. The second-order valence-corrected chi connectivity index (χ2v) is 12.6. The van der Waals surface area contributed by atoms with Gasteiger partial charge in [-0.3, -0.25) is 4.79 Å². The molecule has 2 heterocycles. The molecule has 0 radical (unpaired) electrons. The molecule has 0 atom stereocenters. The number of rotatable bonds is 11. The highest BCUT2D eigenvalue weighted by atomic mass is 19.1. The van der Waals surface area contributed by atoms with Crippen LogP contribution < -0.4 is 29.2 Å². The lowest BCUT2D eigenvalue weighted by Crippen LogP contribution is -2.32. The van der Waals surface area contributed by atoms with Crippen molar-refractivity contribution in [3.8, 4) is 28.7 Å². The second-order valence-electron chi connectivity index (χ2n) is 12.6. The van der Waals surface area contributed by atoms with Gasteiger partial charge in [0.2, 0.25) is 0 Å². The van der Waals surface area contributed by atoms with Crippen LogP contribution in [-0.2, 0) is 30.7 Å². The largest absolute Gasteiger partial charge is 0.493 e. The first-order chi connectivity index (χ1) is 25.7. The molecule has 8 heteroatoms. The van der Waals surface area contributed by atoms with E-state index in [1.165, 1.54) is 16.0 Å². The summed E-state index contributed by atoms with van der Waals surface area (Å²) in [6.45, 7) is 1.25.